The van der Waals surface area contributed by atoms with E-state index >= 15 is 0 Å². The van der Waals surface area contributed by atoms with Crippen LogP contribution in [0.3, 0.4) is 0 Å². The molecule has 1 N–H and O–H groups in total. The largest absolute Gasteiger partial charge is 0.460 e. The van der Waals surface area contributed by atoms with Gasteiger partial charge in [0, 0.05) is 37.3 Å². The number of Topliss-reactive ketones (excluding diaryl/α,β-unsaturated/α-hetero) is 2. The first-order chi connectivity index (χ1) is 14.3. The van der Waals surface area contributed by atoms with Gasteiger partial charge in [0.15, 0.2) is 6.10 Å². The van der Waals surface area contributed by atoms with Crippen molar-refractivity contribution in [2.45, 2.75) is 77.4 Å². The van der Waals surface area contributed by atoms with Crippen LogP contribution in [0.1, 0.15) is 65.2 Å². The molecule has 0 spiro atoms. The van der Waals surface area contributed by atoms with Crippen molar-refractivity contribution in [1.82, 2.24) is 5.32 Å². The second-order valence-electron chi connectivity index (χ2n) is 10.9. The number of carbonyl (C=O) groups is 3. The Bertz CT molecular complexity index is 746. The lowest BCUT2D eigenvalue weighted by atomic mass is 9.45. The van der Waals surface area contributed by atoms with Gasteiger partial charge >= 0.3 is 5.97 Å². The minimum atomic E-state index is -0.533. The minimum absolute atomic E-state index is 0.0290. The van der Waals surface area contributed by atoms with Gasteiger partial charge in [-0.25, -0.2) is 4.79 Å². The van der Waals surface area contributed by atoms with E-state index in [9.17, 15) is 14.4 Å². The highest BCUT2D eigenvalue weighted by atomic mass is 16.6. The Morgan fingerprint density at radius 3 is 2.73 bits per heavy atom. The quantitative estimate of drug-likeness (QED) is 0.696. The lowest BCUT2D eigenvalue weighted by Crippen LogP contribution is -2.57. The molecular weight excluding hydrogens is 382 g/mol. The lowest BCUT2D eigenvalue weighted by molar-refractivity contribution is -0.177. The predicted octanol–water partition coefficient (Wildman–Crippen LogP) is 2.68. The Morgan fingerprint density at radius 1 is 1.13 bits per heavy atom. The molecule has 0 aromatic heterocycles. The molecule has 8 atom stereocenters. The Morgan fingerprint density at radius 2 is 1.97 bits per heavy atom. The first-order valence-corrected chi connectivity index (χ1v) is 11.9. The second-order valence-corrected chi connectivity index (χ2v) is 10.9. The first kappa shape index (κ1) is 20.6. The van der Waals surface area contributed by atoms with Crippen molar-refractivity contribution in [3.05, 3.63) is 0 Å². The fourth-order valence-corrected chi connectivity index (χ4v) is 7.84. The van der Waals surface area contributed by atoms with Gasteiger partial charge in [-0.2, -0.15) is 0 Å². The molecule has 0 aromatic rings. The summed E-state index contributed by atoms with van der Waals surface area (Å²) in [5, 5.41) is 3.16. The molecule has 30 heavy (non-hydrogen) atoms. The number of esters is 1. The van der Waals surface area contributed by atoms with Crippen LogP contribution in [0, 0.1) is 34.5 Å². The van der Waals surface area contributed by atoms with Gasteiger partial charge in [0.05, 0.1) is 6.61 Å². The third-order valence-corrected chi connectivity index (χ3v) is 9.59. The van der Waals surface area contributed by atoms with Crippen LogP contribution in [-0.4, -0.2) is 49.4 Å². The fourth-order valence-electron chi connectivity index (χ4n) is 7.84. The molecule has 0 aromatic carbocycles. The molecule has 1 heterocycles. The first-order valence-electron chi connectivity index (χ1n) is 11.9. The van der Waals surface area contributed by atoms with Gasteiger partial charge in [-0.3, -0.25) is 9.59 Å². The number of hydrogen-bond acceptors (Lipinski definition) is 6. The van der Waals surface area contributed by atoms with Gasteiger partial charge < -0.3 is 14.8 Å². The van der Waals surface area contributed by atoms with E-state index in [1.807, 2.05) is 0 Å². The van der Waals surface area contributed by atoms with Gasteiger partial charge in [0.1, 0.15) is 17.7 Å². The average Bonchev–Trinajstić information content (AvgIpc) is 3.04. The molecule has 5 aliphatic rings. The van der Waals surface area contributed by atoms with E-state index in [0.717, 1.165) is 38.6 Å². The third-order valence-electron chi connectivity index (χ3n) is 9.59. The summed E-state index contributed by atoms with van der Waals surface area (Å²) in [7, 11) is 0. The Labute approximate surface area is 178 Å². The van der Waals surface area contributed by atoms with Crippen LogP contribution in [-0.2, 0) is 23.9 Å². The zero-order valence-electron chi connectivity index (χ0n) is 18.3. The van der Waals surface area contributed by atoms with Gasteiger partial charge in [0.2, 0.25) is 0 Å². The highest BCUT2D eigenvalue weighted by Crippen LogP contribution is 2.64. The summed E-state index contributed by atoms with van der Waals surface area (Å²) in [5.74, 6) is 1.65. The number of ether oxygens (including phenoxy) is 2. The van der Waals surface area contributed by atoms with E-state index in [1.54, 1.807) is 0 Å². The Hall–Kier alpha value is -1.27. The molecule has 1 saturated heterocycles. The maximum atomic E-state index is 13.3. The van der Waals surface area contributed by atoms with Crippen molar-refractivity contribution in [2.75, 3.05) is 19.7 Å². The van der Waals surface area contributed by atoms with Crippen LogP contribution < -0.4 is 5.32 Å². The summed E-state index contributed by atoms with van der Waals surface area (Å²) < 4.78 is 11.3. The maximum Gasteiger partial charge on any atom is 0.336 e. The third kappa shape index (κ3) is 3.09. The highest BCUT2D eigenvalue weighted by Gasteiger charge is 2.62. The van der Waals surface area contributed by atoms with Crippen LogP contribution >= 0.6 is 0 Å². The van der Waals surface area contributed by atoms with E-state index < -0.39 is 6.10 Å². The number of morpholine rings is 1. The van der Waals surface area contributed by atoms with Crippen molar-refractivity contribution >= 4 is 17.5 Å². The number of rotatable bonds is 2. The average molecular weight is 418 g/mol. The lowest BCUT2D eigenvalue weighted by Gasteiger charge is -2.59. The van der Waals surface area contributed by atoms with Gasteiger partial charge in [-0.05, 0) is 61.7 Å². The summed E-state index contributed by atoms with van der Waals surface area (Å²) in [4.78, 5) is 38.4. The number of fused-ring (bicyclic) bond motifs is 5. The highest BCUT2D eigenvalue weighted by molar-refractivity contribution is 5.88. The standard InChI is InChI=1S/C24H35NO5/c1-23-7-5-14(30-22(28)20-13-25-9-10-29-20)11-18(23)19(26)12-15-16-3-4-21(27)24(16,2)8-6-17(15)23/h14-18,20,25H,3-13H2,1-2H3/t14-,15-,16-,17-,18?,20?,23+,24-/m0/s1. The molecule has 0 amide bonds. The van der Waals surface area contributed by atoms with E-state index in [4.69, 9.17) is 9.47 Å². The molecule has 5 fully saturated rings. The number of hydrogen-bond donors (Lipinski definition) is 1. The van der Waals surface area contributed by atoms with Crippen LogP contribution in [0.5, 0.6) is 0 Å². The molecule has 2 unspecified atom stereocenters. The Balaban J connectivity index is 1.30. The van der Waals surface area contributed by atoms with Gasteiger partial charge in [-0.15, -0.1) is 0 Å². The molecule has 166 valence electrons. The normalized spacial score (nSPS) is 48.5. The summed E-state index contributed by atoms with van der Waals surface area (Å²) in [6.07, 6.45) is 5.93. The molecule has 4 saturated carbocycles. The zero-order chi connectivity index (χ0) is 21.1. The summed E-state index contributed by atoms with van der Waals surface area (Å²) in [6.45, 7) is 6.23. The van der Waals surface area contributed by atoms with Gasteiger partial charge in [-0.1, -0.05) is 13.8 Å². The summed E-state index contributed by atoms with van der Waals surface area (Å²) >= 11 is 0. The van der Waals surface area contributed by atoms with Crippen molar-refractivity contribution < 1.29 is 23.9 Å². The topological polar surface area (TPSA) is 81.7 Å². The van der Waals surface area contributed by atoms with E-state index in [0.29, 0.717) is 61.7 Å². The van der Waals surface area contributed by atoms with Crippen molar-refractivity contribution in [3.63, 3.8) is 0 Å². The maximum absolute atomic E-state index is 13.3. The molecule has 0 radical (unpaired) electrons. The molecule has 1 aliphatic heterocycles. The fraction of sp³-hybridized carbons (Fsp3) is 0.875. The number of nitrogens with one attached hydrogen (secondary N) is 1. The van der Waals surface area contributed by atoms with E-state index in [1.165, 1.54) is 0 Å². The zero-order valence-corrected chi connectivity index (χ0v) is 18.3. The summed E-state index contributed by atoms with van der Waals surface area (Å²) in [6, 6.07) is 0. The molecule has 4 aliphatic carbocycles. The predicted molar refractivity (Wildman–Crippen MR) is 110 cm³/mol. The van der Waals surface area contributed by atoms with Crippen LogP contribution in [0.15, 0.2) is 0 Å². The minimum Gasteiger partial charge on any atom is -0.460 e. The van der Waals surface area contributed by atoms with Gasteiger partial charge in [0.25, 0.3) is 0 Å². The Kier molecular flexibility index (Phi) is 5.09. The second kappa shape index (κ2) is 7.40. The van der Waals surface area contributed by atoms with E-state index in [-0.39, 0.29) is 28.8 Å². The number of carbonyl (C=O) groups excluding carboxylic acids is 3. The smallest absolute Gasteiger partial charge is 0.336 e. The monoisotopic (exact) mass is 417 g/mol. The van der Waals surface area contributed by atoms with Crippen molar-refractivity contribution in [2.24, 2.45) is 34.5 Å². The number of ketones is 2. The van der Waals surface area contributed by atoms with Crippen LogP contribution in [0.4, 0.5) is 0 Å². The van der Waals surface area contributed by atoms with Crippen LogP contribution in [0.25, 0.3) is 0 Å². The SMILES string of the molecule is C[C@]12CC[C@H](OC(=O)C3CNCCO3)CC1C(=O)C[C@@H]1[C@@H]2CC[C@]2(C)C(=O)CC[C@@H]12. The van der Waals surface area contributed by atoms with Crippen molar-refractivity contribution in [3.8, 4) is 0 Å². The van der Waals surface area contributed by atoms with Crippen LogP contribution in [0.2, 0.25) is 0 Å². The molecule has 0 bridgehead atoms. The molecular formula is C24H35NO5. The molecule has 6 nitrogen and oxygen atoms in total. The summed E-state index contributed by atoms with van der Waals surface area (Å²) in [5.41, 5.74) is -0.232. The molecule has 6 heteroatoms. The van der Waals surface area contributed by atoms with Crippen molar-refractivity contribution in [1.29, 1.82) is 0 Å². The van der Waals surface area contributed by atoms with E-state index in [2.05, 4.69) is 19.2 Å². The molecule has 5 rings (SSSR count).